The minimum atomic E-state index is -0.744. The Bertz CT molecular complexity index is 688. The quantitative estimate of drug-likeness (QED) is 0.791. The summed E-state index contributed by atoms with van der Waals surface area (Å²) in [4.78, 5) is 0. The molecule has 2 rings (SSSR count). The van der Waals surface area contributed by atoms with E-state index in [0.717, 1.165) is 5.56 Å². The van der Waals surface area contributed by atoms with E-state index >= 15 is 0 Å². The number of aliphatic hydroxyl groups excluding tert-OH is 1. The second kappa shape index (κ2) is 8.48. The van der Waals surface area contributed by atoms with Gasteiger partial charge in [0.05, 0.1) is 41.7 Å². The summed E-state index contributed by atoms with van der Waals surface area (Å²) in [6, 6.07) is 9.04. The average Bonchev–Trinajstić information content (AvgIpc) is 2.66. The molecule has 6 heteroatoms. The topological polar surface area (TPSA) is 66.4 Å². The molecule has 2 aromatic carbocycles. The van der Waals surface area contributed by atoms with Crippen LogP contribution in [0, 0.1) is 0 Å². The number of hydrogen-bond acceptors (Lipinski definition) is 6. The van der Waals surface area contributed by atoms with Gasteiger partial charge in [0, 0.05) is 6.42 Å². The van der Waals surface area contributed by atoms with Crippen LogP contribution >= 0.6 is 0 Å². The van der Waals surface area contributed by atoms with Crippen LogP contribution in [0.3, 0.4) is 0 Å². The van der Waals surface area contributed by atoms with Gasteiger partial charge in [0.25, 0.3) is 0 Å². The molecular weight excluding hydrogens is 324 g/mol. The van der Waals surface area contributed by atoms with E-state index < -0.39 is 6.10 Å². The van der Waals surface area contributed by atoms with Gasteiger partial charge < -0.3 is 28.8 Å². The van der Waals surface area contributed by atoms with Gasteiger partial charge >= 0.3 is 0 Å². The number of hydrogen-bond donors (Lipinski definition) is 1. The second-order valence-electron chi connectivity index (χ2n) is 5.37. The molecule has 0 amide bonds. The van der Waals surface area contributed by atoms with E-state index in [4.69, 9.17) is 23.7 Å². The predicted molar refractivity (Wildman–Crippen MR) is 94.3 cm³/mol. The van der Waals surface area contributed by atoms with Crippen molar-refractivity contribution in [2.75, 3.05) is 35.5 Å². The summed E-state index contributed by atoms with van der Waals surface area (Å²) in [5, 5.41) is 10.6. The van der Waals surface area contributed by atoms with Gasteiger partial charge in [-0.1, -0.05) is 6.07 Å². The van der Waals surface area contributed by atoms with Gasteiger partial charge in [-0.05, 0) is 35.4 Å². The van der Waals surface area contributed by atoms with Crippen LogP contribution in [0.4, 0.5) is 0 Å². The fraction of sp³-hybridized carbons (Fsp3) is 0.368. The van der Waals surface area contributed by atoms with Crippen LogP contribution in [0.15, 0.2) is 30.3 Å². The smallest absolute Gasteiger partial charge is 0.203 e. The SMILES string of the molecule is COc1ccc(C[C@@H](O)c2cc(OC)c(OC)c(OC)c2)cc1OC. The summed E-state index contributed by atoms with van der Waals surface area (Å²) in [6.07, 6.45) is -0.342. The summed E-state index contributed by atoms with van der Waals surface area (Å²) >= 11 is 0. The molecule has 6 nitrogen and oxygen atoms in total. The molecule has 2 aromatic rings. The molecule has 0 aliphatic rings. The van der Waals surface area contributed by atoms with Crippen molar-refractivity contribution in [2.24, 2.45) is 0 Å². The van der Waals surface area contributed by atoms with Gasteiger partial charge in [-0.3, -0.25) is 0 Å². The molecule has 0 aliphatic carbocycles. The normalized spacial score (nSPS) is 11.6. The Hall–Kier alpha value is -2.60. The first-order valence-electron chi connectivity index (χ1n) is 7.76. The van der Waals surface area contributed by atoms with Gasteiger partial charge in [0.15, 0.2) is 23.0 Å². The summed E-state index contributed by atoms with van der Waals surface area (Å²) in [6.45, 7) is 0. The molecule has 136 valence electrons. The van der Waals surface area contributed by atoms with Crippen molar-refractivity contribution >= 4 is 0 Å². The summed E-state index contributed by atoms with van der Waals surface area (Å²) in [7, 11) is 7.79. The first-order valence-corrected chi connectivity index (χ1v) is 7.76. The molecule has 0 spiro atoms. The molecule has 0 saturated heterocycles. The monoisotopic (exact) mass is 348 g/mol. The number of methoxy groups -OCH3 is 5. The predicted octanol–water partition coefficient (Wildman–Crippen LogP) is 3.01. The Morgan fingerprint density at radius 1 is 0.720 bits per heavy atom. The number of ether oxygens (including phenoxy) is 5. The lowest BCUT2D eigenvalue weighted by molar-refractivity contribution is 0.177. The maximum absolute atomic E-state index is 10.6. The Morgan fingerprint density at radius 3 is 1.76 bits per heavy atom. The van der Waals surface area contributed by atoms with E-state index in [2.05, 4.69) is 0 Å². The zero-order valence-corrected chi connectivity index (χ0v) is 15.2. The molecule has 1 N–H and O–H groups in total. The molecule has 25 heavy (non-hydrogen) atoms. The van der Waals surface area contributed by atoms with Crippen molar-refractivity contribution in [3.8, 4) is 28.7 Å². The minimum Gasteiger partial charge on any atom is -0.493 e. The first kappa shape index (κ1) is 18.7. The molecular formula is C19H24O6. The standard InChI is InChI=1S/C19H24O6/c1-21-15-7-6-12(9-16(15)22-2)8-14(20)13-10-17(23-3)19(25-5)18(11-13)24-4/h6-7,9-11,14,20H,8H2,1-5H3/t14-/m1/s1. The zero-order valence-electron chi connectivity index (χ0n) is 15.2. The van der Waals surface area contributed by atoms with Crippen LogP contribution in [-0.4, -0.2) is 40.7 Å². The van der Waals surface area contributed by atoms with Gasteiger partial charge in [-0.2, -0.15) is 0 Å². The number of benzene rings is 2. The molecule has 0 fully saturated rings. The first-order chi connectivity index (χ1) is 12.1. The fourth-order valence-corrected chi connectivity index (χ4v) is 2.64. The van der Waals surface area contributed by atoms with Crippen molar-refractivity contribution in [1.82, 2.24) is 0 Å². The van der Waals surface area contributed by atoms with Crippen molar-refractivity contribution in [1.29, 1.82) is 0 Å². The minimum absolute atomic E-state index is 0.402. The van der Waals surface area contributed by atoms with Crippen LogP contribution < -0.4 is 23.7 Å². The maximum atomic E-state index is 10.6. The molecule has 0 heterocycles. The molecule has 0 aliphatic heterocycles. The van der Waals surface area contributed by atoms with Crippen LogP contribution in [0.25, 0.3) is 0 Å². The highest BCUT2D eigenvalue weighted by atomic mass is 16.5. The largest absolute Gasteiger partial charge is 0.493 e. The van der Waals surface area contributed by atoms with Crippen LogP contribution in [0.2, 0.25) is 0 Å². The van der Waals surface area contributed by atoms with Crippen molar-refractivity contribution < 1.29 is 28.8 Å². The van der Waals surface area contributed by atoms with E-state index in [9.17, 15) is 5.11 Å². The van der Waals surface area contributed by atoms with E-state index in [0.29, 0.717) is 40.7 Å². The lowest BCUT2D eigenvalue weighted by Crippen LogP contribution is -2.04. The fourth-order valence-electron chi connectivity index (χ4n) is 2.64. The van der Waals surface area contributed by atoms with Crippen molar-refractivity contribution in [3.05, 3.63) is 41.5 Å². The highest BCUT2D eigenvalue weighted by Gasteiger charge is 2.18. The third-order valence-corrected chi connectivity index (χ3v) is 3.95. The number of aliphatic hydroxyl groups is 1. The molecule has 0 unspecified atom stereocenters. The van der Waals surface area contributed by atoms with Crippen LogP contribution in [0.1, 0.15) is 17.2 Å². The molecule has 1 atom stereocenters. The van der Waals surface area contributed by atoms with Gasteiger partial charge in [0.1, 0.15) is 0 Å². The second-order valence-corrected chi connectivity index (χ2v) is 5.37. The zero-order chi connectivity index (χ0) is 18.4. The summed E-state index contributed by atoms with van der Waals surface area (Å²) in [5.74, 6) is 2.77. The van der Waals surface area contributed by atoms with E-state index in [-0.39, 0.29) is 0 Å². The summed E-state index contributed by atoms with van der Waals surface area (Å²) in [5.41, 5.74) is 1.59. The third kappa shape index (κ3) is 4.09. The van der Waals surface area contributed by atoms with Crippen LogP contribution in [-0.2, 0) is 6.42 Å². The lowest BCUT2D eigenvalue weighted by atomic mass is 10.00. The lowest BCUT2D eigenvalue weighted by Gasteiger charge is -2.17. The van der Waals surface area contributed by atoms with E-state index in [1.165, 1.54) is 0 Å². The molecule has 0 radical (unpaired) electrons. The van der Waals surface area contributed by atoms with Crippen LogP contribution in [0.5, 0.6) is 28.7 Å². The number of rotatable bonds is 8. The van der Waals surface area contributed by atoms with E-state index in [1.807, 2.05) is 18.2 Å². The van der Waals surface area contributed by atoms with Crippen molar-refractivity contribution in [3.63, 3.8) is 0 Å². The molecule has 0 saturated carbocycles. The highest BCUT2D eigenvalue weighted by Crippen LogP contribution is 2.40. The molecule has 0 aromatic heterocycles. The average molecular weight is 348 g/mol. The Morgan fingerprint density at radius 2 is 1.28 bits per heavy atom. The Balaban J connectivity index is 2.30. The molecule has 0 bridgehead atoms. The Kier molecular flexibility index (Phi) is 6.36. The van der Waals surface area contributed by atoms with Crippen molar-refractivity contribution in [2.45, 2.75) is 12.5 Å². The highest BCUT2D eigenvalue weighted by molar-refractivity contribution is 5.54. The van der Waals surface area contributed by atoms with Gasteiger partial charge in [-0.15, -0.1) is 0 Å². The maximum Gasteiger partial charge on any atom is 0.203 e. The third-order valence-electron chi connectivity index (χ3n) is 3.95. The van der Waals surface area contributed by atoms with Gasteiger partial charge in [-0.25, -0.2) is 0 Å². The summed E-state index contributed by atoms with van der Waals surface area (Å²) < 4.78 is 26.5. The van der Waals surface area contributed by atoms with Gasteiger partial charge in [0.2, 0.25) is 5.75 Å². The van der Waals surface area contributed by atoms with E-state index in [1.54, 1.807) is 47.7 Å². The Labute approximate surface area is 147 Å².